The Morgan fingerprint density at radius 2 is 1.88 bits per heavy atom. The maximum Gasteiger partial charge on any atom is 0.338 e. The van der Waals surface area contributed by atoms with Gasteiger partial charge in [-0.3, -0.25) is 0 Å². The van der Waals surface area contributed by atoms with Crippen LogP contribution in [-0.4, -0.2) is 17.7 Å². The van der Waals surface area contributed by atoms with Gasteiger partial charge in [0.25, 0.3) is 0 Å². The molecule has 1 heterocycles. The molecule has 0 bridgehead atoms. The summed E-state index contributed by atoms with van der Waals surface area (Å²) < 4.78 is 15.8. The van der Waals surface area contributed by atoms with Crippen LogP contribution >= 0.6 is 0 Å². The Hall–Kier alpha value is -3.28. The fourth-order valence-electron chi connectivity index (χ4n) is 2.47. The number of esters is 1. The molecule has 0 spiro atoms. The van der Waals surface area contributed by atoms with Crippen molar-refractivity contribution in [3.63, 3.8) is 0 Å². The minimum absolute atomic E-state index is 0.0137. The van der Waals surface area contributed by atoms with E-state index in [1.54, 1.807) is 30.3 Å². The molecule has 26 heavy (non-hydrogen) atoms. The summed E-state index contributed by atoms with van der Waals surface area (Å²) in [5.41, 5.74) is 0.554. The van der Waals surface area contributed by atoms with Crippen molar-refractivity contribution in [1.82, 2.24) is 0 Å². The molecule has 6 nitrogen and oxygen atoms in total. The molecule has 0 saturated carbocycles. The summed E-state index contributed by atoms with van der Waals surface area (Å²) in [6.45, 7) is 2.55. The zero-order valence-electron chi connectivity index (χ0n) is 14.2. The molecule has 0 unspecified atom stereocenters. The summed E-state index contributed by atoms with van der Waals surface area (Å²) in [4.78, 5) is 23.9. The van der Waals surface area contributed by atoms with Crippen molar-refractivity contribution in [3.05, 3.63) is 70.1 Å². The van der Waals surface area contributed by atoms with Crippen LogP contribution in [0, 0.1) is 0 Å². The van der Waals surface area contributed by atoms with Gasteiger partial charge in [-0.15, -0.1) is 0 Å². The summed E-state index contributed by atoms with van der Waals surface area (Å²) in [5.74, 6) is 0.169. The van der Waals surface area contributed by atoms with Crippen molar-refractivity contribution in [2.75, 3.05) is 6.61 Å². The Kier molecular flexibility index (Phi) is 5.22. The Morgan fingerprint density at radius 3 is 2.62 bits per heavy atom. The van der Waals surface area contributed by atoms with Crippen LogP contribution in [0.25, 0.3) is 11.0 Å². The van der Waals surface area contributed by atoms with Crippen LogP contribution in [0.4, 0.5) is 0 Å². The zero-order valence-corrected chi connectivity index (χ0v) is 14.2. The Morgan fingerprint density at radius 1 is 1.12 bits per heavy atom. The van der Waals surface area contributed by atoms with Crippen LogP contribution < -0.4 is 10.4 Å². The number of rotatable bonds is 6. The van der Waals surface area contributed by atoms with E-state index in [1.165, 1.54) is 18.2 Å². The fraction of sp³-hybridized carbons (Fsp3) is 0.200. The summed E-state index contributed by atoms with van der Waals surface area (Å²) in [5, 5.41) is 10.1. The van der Waals surface area contributed by atoms with Crippen LogP contribution in [0.2, 0.25) is 0 Å². The van der Waals surface area contributed by atoms with E-state index in [0.29, 0.717) is 28.9 Å². The highest BCUT2D eigenvalue weighted by Gasteiger charge is 2.11. The molecule has 0 atom stereocenters. The maximum absolute atomic E-state index is 12.2. The molecule has 1 N–H and O–H groups in total. The van der Waals surface area contributed by atoms with E-state index in [4.69, 9.17) is 13.9 Å². The second kappa shape index (κ2) is 7.74. The third-order valence-corrected chi connectivity index (χ3v) is 3.74. The number of phenols is 1. The van der Waals surface area contributed by atoms with Gasteiger partial charge in [0.1, 0.15) is 23.7 Å². The molecule has 0 amide bonds. The number of hydrogen-bond acceptors (Lipinski definition) is 6. The number of benzene rings is 2. The molecular formula is C20H18O6. The van der Waals surface area contributed by atoms with E-state index >= 15 is 0 Å². The molecule has 0 saturated heterocycles. The molecule has 0 fully saturated rings. The normalized spacial score (nSPS) is 10.7. The number of carbonyl (C=O) groups excluding carboxylic acids is 1. The Balaban J connectivity index is 1.73. The van der Waals surface area contributed by atoms with Crippen LogP contribution in [0.5, 0.6) is 11.5 Å². The van der Waals surface area contributed by atoms with Crippen LogP contribution in [-0.2, 0) is 11.3 Å². The van der Waals surface area contributed by atoms with Gasteiger partial charge in [0, 0.05) is 23.1 Å². The molecule has 0 aliphatic carbocycles. The SMILES string of the molecule is CCCOc1ccc(C(=O)OCc2cc(=O)oc3cc(O)ccc23)cc1. The molecule has 3 aromatic rings. The largest absolute Gasteiger partial charge is 0.508 e. The molecule has 1 aromatic heterocycles. The molecule has 0 aliphatic rings. The van der Waals surface area contributed by atoms with Crippen molar-refractivity contribution in [3.8, 4) is 11.5 Å². The van der Waals surface area contributed by atoms with Gasteiger partial charge < -0.3 is 19.0 Å². The third kappa shape index (κ3) is 4.03. The Labute approximate surface area is 149 Å². The standard InChI is InChI=1S/C20H18O6/c1-2-9-24-16-6-3-13(4-7-16)20(23)25-12-14-10-19(22)26-18-11-15(21)5-8-17(14)18/h3-8,10-11,21H,2,9,12H2,1H3. The highest BCUT2D eigenvalue weighted by Crippen LogP contribution is 2.22. The molecule has 6 heteroatoms. The monoisotopic (exact) mass is 354 g/mol. The number of fused-ring (bicyclic) bond motifs is 1. The van der Waals surface area contributed by atoms with Gasteiger partial charge in [0.15, 0.2) is 0 Å². The van der Waals surface area contributed by atoms with E-state index < -0.39 is 11.6 Å². The van der Waals surface area contributed by atoms with Crippen molar-refractivity contribution < 1.29 is 23.8 Å². The van der Waals surface area contributed by atoms with Gasteiger partial charge in [0.05, 0.1) is 12.2 Å². The number of ether oxygens (including phenoxy) is 2. The first-order chi connectivity index (χ1) is 12.6. The van der Waals surface area contributed by atoms with Crippen molar-refractivity contribution in [2.24, 2.45) is 0 Å². The van der Waals surface area contributed by atoms with Crippen molar-refractivity contribution in [2.45, 2.75) is 20.0 Å². The topological polar surface area (TPSA) is 86.0 Å². The first-order valence-electron chi connectivity index (χ1n) is 8.22. The van der Waals surface area contributed by atoms with E-state index in [1.807, 2.05) is 6.92 Å². The summed E-state index contributed by atoms with van der Waals surface area (Å²) >= 11 is 0. The minimum Gasteiger partial charge on any atom is -0.508 e. The summed E-state index contributed by atoms with van der Waals surface area (Å²) in [6.07, 6.45) is 0.903. The first-order valence-corrected chi connectivity index (χ1v) is 8.22. The highest BCUT2D eigenvalue weighted by atomic mass is 16.5. The maximum atomic E-state index is 12.2. The van der Waals surface area contributed by atoms with E-state index in [0.717, 1.165) is 6.42 Å². The van der Waals surface area contributed by atoms with Crippen LogP contribution in [0.15, 0.2) is 57.7 Å². The number of carbonyl (C=O) groups is 1. The fourth-order valence-corrected chi connectivity index (χ4v) is 2.47. The van der Waals surface area contributed by atoms with E-state index in [2.05, 4.69) is 0 Å². The smallest absolute Gasteiger partial charge is 0.338 e. The van der Waals surface area contributed by atoms with Gasteiger partial charge in [-0.1, -0.05) is 6.92 Å². The number of hydrogen-bond donors (Lipinski definition) is 1. The average Bonchev–Trinajstić information content (AvgIpc) is 2.64. The average molecular weight is 354 g/mol. The van der Waals surface area contributed by atoms with Gasteiger partial charge >= 0.3 is 11.6 Å². The first kappa shape index (κ1) is 17.5. The quantitative estimate of drug-likeness (QED) is 0.537. The molecule has 2 aromatic carbocycles. The van der Waals surface area contributed by atoms with Gasteiger partial charge in [0.2, 0.25) is 0 Å². The number of phenolic OH excluding ortho intramolecular Hbond substituents is 1. The lowest BCUT2D eigenvalue weighted by atomic mass is 10.1. The second-order valence-electron chi connectivity index (χ2n) is 5.72. The van der Waals surface area contributed by atoms with E-state index in [-0.39, 0.29) is 17.9 Å². The second-order valence-corrected chi connectivity index (χ2v) is 5.72. The lowest BCUT2D eigenvalue weighted by Gasteiger charge is -2.08. The molecular weight excluding hydrogens is 336 g/mol. The van der Waals surface area contributed by atoms with Crippen molar-refractivity contribution >= 4 is 16.9 Å². The lowest BCUT2D eigenvalue weighted by Crippen LogP contribution is -2.08. The van der Waals surface area contributed by atoms with Crippen LogP contribution in [0.1, 0.15) is 29.3 Å². The lowest BCUT2D eigenvalue weighted by molar-refractivity contribution is 0.0474. The van der Waals surface area contributed by atoms with Crippen molar-refractivity contribution in [1.29, 1.82) is 0 Å². The predicted molar refractivity (Wildman–Crippen MR) is 95.5 cm³/mol. The van der Waals surface area contributed by atoms with Gasteiger partial charge in [-0.05, 0) is 42.8 Å². The zero-order chi connectivity index (χ0) is 18.5. The van der Waals surface area contributed by atoms with E-state index in [9.17, 15) is 14.7 Å². The summed E-state index contributed by atoms with van der Waals surface area (Å²) in [7, 11) is 0. The minimum atomic E-state index is -0.577. The molecule has 3 rings (SSSR count). The highest BCUT2D eigenvalue weighted by molar-refractivity contribution is 5.89. The third-order valence-electron chi connectivity index (χ3n) is 3.74. The number of aromatic hydroxyl groups is 1. The molecule has 134 valence electrons. The molecule has 0 aliphatic heterocycles. The Bertz CT molecular complexity index is 972. The van der Waals surface area contributed by atoms with Gasteiger partial charge in [-0.25, -0.2) is 9.59 Å². The molecule has 0 radical (unpaired) electrons. The summed E-state index contributed by atoms with van der Waals surface area (Å²) in [6, 6.07) is 12.4. The predicted octanol–water partition coefficient (Wildman–Crippen LogP) is 3.64. The van der Waals surface area contributed by atoms with Gasteiger partial charge in [-0.2, -0.15) is 0 Å². The van der Waals surface area contributed by atoms with Crippen LogP contribution in [0.3, 0.4) is 0 Å².